The quantitative estimate of drug-likeness (QED) is 0.0416. The lowest BCUT2D eigenvalue weighted by atomic mass is 9.69. The highest BCUT2D eigenvalue weighted by Crippen LogP contribution is 2.50. The van der Waals surface area contributed by atoms with Gasteiger partial charge in [0.25, 0.3) is 0 Å². The molecule has 386 valence electrons. The van der Waals surface area contributed by atoms with E-state index in [-0.39, 0.29) is 73.2 Å². The molecule has 4 aromatic carbocycles. The monoisotopic (exact) mass is 1010 g/mol. The molecule has 0 saturated carbocycles. The van der Waals surface area contributed by atoms with Gasteiger partial charge in [-0.2, -0.15) is 0 Å². The topological polar surface area (TPSA) is 184 Å². The Morgan fingerprint density at radius 3 is 2.31 bits per heavy atom. The number of carbonyl (C=O) groups is 3. The van der Waals surface area contributed by atoms with E-state index in [0.29, 0.717) is 48.1 Å². The summed E-state index contributed by atoms with van der Waals surface area (Å²) in [6, 6.07) is 25.4. The van der Waals surface area contributed by atoms with Crippen LogP contribution in [0.15, 0.2) is 119 Å². The van der Waals surface area contributed by atoms with Crippen molar-refractivity contribution in [3.05, 3.63) is 143 Å². The van der Waals surface area contributed by atoms with Crippen LogP contribution in [0.3, 0.4) is 0 Å². The summed E-state index contributed by atoms with van der Waals surface area (Å²) in [4.78, 5) is 43.3. The van der Waals surface area contributed by atoms with Crippen molar-refractivity contribution in [1.29, 1.82) is 0 Å². The number of unbranched alkanes of at least 4 members (excludes halogenated alkanes) is 1. The molecule has 1 fully saturated rings. The normalized spacial score (nSPS) is 21.8. The number of anilines is 3. The molecule has 72 heavy (non-hydrogen) atoms. The zero-order valence-electron chi connectivity index (χ0n) is 41.9. The van der Waals surface area contributed by atoms with Crippen molar-refractivity contribution >= 4 is 44.6 Å². The number of fused-ring (bicyclic) bond motifs is 1. The van der Waals surface area contributed by atoms with Crippen molar-refractivity contribution in [1.82, 2.24) is 5.32 Å². The molecule has 6 unspecified atom stereocenters. The van der Waals surface area contributed by atoms with Crippen LogP contribution in [0.4, 0.5) is 21.5 Å². The van der Waals surface area contributed by atoms with Gasteiger partial charge in [0.05, 0.1) is 60.9 Å². The van der Waals surface area contributed by atoms with Crippen molar-refractivity contribution in [2.75, 3.05) is 68.5 Å². The maximum atomic E-state index is 14.0. The molecule has 0 bridgehead atoms. The number of aliphatic hydroxyl groups is 2. The van der Waals surface area contributed by atoms with Crippen LogP contribution >= 0.6 is 0 Å². The minimum absolute atomic E-state index is 0.0398. The van der Waals surface area contributed by atoms with Crippen molar-refractivity contribution in [3.63, 3.8) is 0 Å². The maximum Gasteiger partial charge on any atom is 0.250 e. The number of nitrogens with one attached hydrogen (secondary N) is 2. The van der Waals surface area contributed by atoms with Crippen molar-refractivity contribution in [2.24, 2.45) is 11.3 Å². The number of aliphatic hydroxyl groups excluding tert-OH is 2. The van der Waals surface area contributed by atoms with Crippen LogP contribution in [0.2, 0.25) is 0 Å². The van der Waals surface area contributed by atoms with E-state index in [1.165, 1.54) is 12.1 Å². The number of hydrogen-bond acceptors (Lipinski definition) is 11. The number of methoxy groups -OCH3 is 1. The molecule has 2 aliphatic heterocycles. The molecule has 1 aliphatic carbocycles. The van der Waals surface area contributed by atoms with E-state index < -0.39 is 39.3 Å². The fourth-order valence-electron chi connectivity index (χ4n) is 10.3. The van der Waals surface area contributed by atoms with Gasteiger partial charge in [-0.1, -0.05) is 69.2 Å². The molecule has 0 aromatic heterocycles. The van der Waals surface area contributed by atoms with E-state index in [0.717, 1.165) is 54.0 Å². The van der Waals surface area contributed by atoms with Crippen LogP contribution in [-0.4, -0.2) is 102 Å². The number of β-lactam (4-membered cyclic amide) rings is 1. The predicted molar refractivity (Wildman–Crippen MR) is 276 cm³/mol. The first kappa shape index (κ1) is 53.9. The third-order valence-corrected chi connectivity index (χ3v) is 16.4. The summed E-state index contributed by atoms with van der Waals surface area (Å²) in [5, 5.41) is 28.9. The van der Waals surface area contributed by atoms with Gasteiger partial charge in [-0.05, 0) is 121 Å². The molecule has 14 nitrogen and oxygen atoms in total. The summed E-state index contributed by atoms with van der Waals surface area (Å²) in [6.45, 7) is 3.85. The first-order chi connectivity index (χ1) is 34.6. The average Bonchev–Trinajstić information content (AvgIpc) is 3.44. The molecule has 6 atom stereocenters. The van der Waals surface area contributed by atoms with Gasteiger partial charge < -0.3 is 44.9 Å². The van der Waals surface area contributed by atoms with Gasteiger partial charge in [0.2, 0.25) is 17.7 Å². The van der Waals surface area contributed by atoms with Gasteiger partial charge in [-0.25, -0.2) is 12.8 Å². The van der Waals surface area contributed by atoms with Crippen LogP contribution in [0.5, 0.6) is 0 Å². The van der Waals surface area contributed by atoms with E-state index in [4.69, 9.17) is 14.2 Å². The Bertz CT molecular complexity index is 2710. The molecular weight excluding hydrogens is 940 g/mol. The van der Waals surface area contributed by atoms with E-state index >= 15 is 0 Å². The van der Waals surface area contributed by atoms with Gasteiger partial charge in [-0.3, -0.25) is 14.4 Å². The third-order valence-electron chi connectivity index (χ3n) is 14.4. The van der Waals surface area contributed by atoms with Crippen LogP contribution in [0.1, 0.15) is 99.5 Å². The number of halogens is 1. The van der Waals surface area contributed by atoms with Gasteiger partial charge in [0.1, 0.15) is 19.0 Å². The number of nitrogens with zero attached hydrogens (tertiary/aromatic N) is 2. The predicted octanol–water partition coefficient (Wildman–Crippen LogP) is 8.14. The summed E-state index contributed by atoms with van der Waals surface area (Å²) < 4.78 is 58.1. The second-order valence-corrected chi connectivity index (χ2v) is 21.3. The number of ether oxygens (including phenoxy) is 3. The Morgan fingerprint density at radius 1 is 0.931 bits per heavy atom. The number of amides is 3. The summed E-state index contributed by atoms with van der Waals surface area (Å²) in [7, 11) is 1.65. The highest BCUT2D eigenvalue weighted by Gasteiger charge is 2.50. The van der Waals surface area contributed by atoms with E-state index in [1.807, 2.05) is 74.5 Å². The summed E-state index contributed by atoms with van der Waals surface area (Å²) in [6.07, 6.45) is 7.05. The molecule has 0 radical (unpaired) electrons. The molecule has 4 N–H and O–H groups in total. The lowest BCUT2D eigenvalue weighted by molar-refractivity contribution is -0.130. The Balaban J connectivity index is 0.876. The lowest BCUT2D eigenvalue weighted by Crippen LogP contribution is -2.62. The second-order valence-electron chi connectivity index (χ2n) is 19.3. The summed E-state index contributed by atoms with van der Waals surface area (Å²) in [5.41, 5.74) is 4.87. The Labute approximate surface area is 423 Å². The molecule has 4 aromatic rings. The summed E-state index contributed by atoms with van der Waals surface area (Å²) >= 11 is 0. The molecular formula is C56H69FN4O10S. The highest BCUT2D eigenvalue weighted by molar-refractivity contribution is 7.91. The van der Waals surface area contributed by atoms with E-state index in [1.54, 1.807) is 54.5 Å². The fourth-order valence-corrected chi connectivity index (χ4v) is 12.5. The minimum Gasteiger partial charge on any atom is -0.501 e. The third kappa shape index (κ3) is 12.6. The molecule has 1 saturated heterocycles. The smallest absolute Gasteiger partial charge is 0.250 e. The highest BCUT2D eigenvalue weighted by atomic mass is 32.2. The van der Waals surface area contributed by atoms with E-state index in [2.05, 4.69) is 17.6 Å². The SMILES string of the molecule is CCCCC1(CC)CS(=O)(=O)c2ccc(N(C)C)cc2C(c2cccc(NC(=O)COCCOCC(=O)NCc3ccc(N4C(=O)C(CCC(O)c5ccc(F)cc5)C4C4=CC=C(OC)CC4)cc3)c2)C1O. The van der Waals surface area contributed by atoms with Gasteiger partial charge >= 0.3 is 0 Å². The van der Waals surface area contributed by atoms with Crippen LogP contribution < -0.4 is 20.4 Å². The average molecular weight is 1010 g/mol. The standard InChI is InChI=1S/C56H69FN4O10S/c1-6-8-28-56(7-2)36-72(67,68)49-27-22-44(60(3)4)32-47(49)52(54(56)65)40-10-9-11-42(31-40)59-51(64)35-71-30-29-70-34-50(63)58-33-37-12-20-43(21-13-37)61-53(39-16-23-45(69-5)24-17-39)46(55(61)66)25-26-48(62)38-14-18-41(57)19-15-38/h9-16,18-23,27,31-32,46,48,52-54,62,65H,6-8,17,24-26,28-30,33-36H2,1-5H3,(H,58,63)(H,59,64). The van der Waals surface area contributed by atoms with Gasteiger partial charge in [0, 0.05) is 55.5 Å². The number of hydrogen-bond donors (Lipinski definition) is 4. The Hall–Kier alpha value is -5.91. The minimum atomic E-state index is -3.75. The van der Waals surface area contributed by atoms with Crippen LogP contribution in [0, 0.1) is 17.2 Å². The van der Waals surface area contributed by atoms with Crippen molar-refractivity contribution in [3.8, 4) is 0 Å². The molecule has 3 amide bonds. The van der Waals surface area contributed by atoms with E-state index in [9.17, 15) is 37.4 Å². The lowest BCUT2D eigenvalue weighted by Gasteiger charge is -2.49. The number of benzene rings is 4. The molecule has 0 spiro atoms. The molecule has 7 rings (SSSR count). The largest absolute Gasteiger partial charge is 0.501 e. The first-order valence-corrected chi connectivity index (χ1v) is 26.6. The first-order valence-electron chi connectivity index (χ1n) is 24.9. The molecule has 16 heteroatoms. The van der Waals surface area contributed by atoms with Crippen LogP contribution in [0.25, 0.3) is 0 Å². The number of rotatable bonds is 23. The number of allylic oxidation sites excluding steroid dienone is 3. The summed E-state index contributed by atoms with van der Waals surface area (Å²) in [5.74, 6) is -1.47. The van der Waals surface area contributed by atoms with Crippen molar-refractivity contribution < 1.29 is 51.6 Å². The second kappa shape index (κ2) is 24.2. The number of sulfone groups is 1. The van der Waals surface area contributed by atoms with Crippen LogP contribution in [-0.2, 0) is 45.0 Å². The van der Waals surface area contributed by atoms with Crippen molar-refractivity contribution in [2.45, 2.75) is 101 Å². The van der Waals surface area contributed by atoms with Gasteiger partial charge in [-0.15, -0.1) is 0 Å². The molecule has 3 aliphatic rings. The Kier molecular flexibility index (Phi) is 18.1. The fraction of sp³-hybridized carbons (Fsp3) is 0.446. The zero-order chi connectivity index (χ0) is 51.6. The number of carbonyl (C=O) groups excluding carboxylic acids is 3. The zero-order valence-corrected chi connectivity index (χ0v) is 42.8. The maximum absolute atomic E-state index is 14.0. The van der Waals surface area contributed by atoms with Gasteiger partial charge in [0.15, 0.2) is 9.84 Å². The molecule has 2 heterocycles. The Morgan fingerprint density at radius 2 is 1.65 bits per heavy atom.